The minimum absolute atomic E-state index is 0.311. The topological polar surface area (TPSA) is 41.1 Å². The molecule has 1 saturated heterocycles. The van der Waals surface area contributed by atoms with E-state index in [9.17, 15) is 4.79 Å². The molecule has 2 aliphatic carbocycles. The Morgan fingerprint density at radius 1 is 1.00 bits per heavy atom. The van der Waals surface area contributed by atoms with Crippen molar-refractivity contribution in [1.82, 2.24) is 10.6 Å². The van der Waals surface area contributed by atoms with E-state index in [1.807, 2.05) is 0 Å². The third kappa shape index (κ3) is 3.55. The molecule has 0 spiro atoms. The van der Waals surface area contributed by atoms with Crippen LogP contribution in [0.4, 0.5) is 0 Å². The molecule has 0 bridgehead atoms. The van der Waals surface area contributed by atoms with Gasteiger partial charge in [-0.2, -0.15) is 0 Å². The number of hydrogen-bond donors (Lipinski definition) is 2. The maximum atomic E-state index is 12.4. The lowest BCUT2D eigenvalue weighted by Crippen LogP contribution is -2.42. The monoisotopic (exact) mass is 278 g/mol. The molecular weight excluding hydrogens is 248 g/mol. The summed E-state index contributed by atoms with van der Waals surface area (Å²) in [5.41, 5.74) is 0. The second-order valence-corrected chi connectivity index (χ2v) is 7.27. The van der Waals surface area contributed by atoms with Crippen molar-refractivity contribution < 1.29 is 4.79 Å². The maximum absolute atomic E-state index is 12.4. The van der Waals surface area contributed by atoms with Gasteiger partial charge >= 0.3 is 0 Å². The summed E-state index contributed by atoms with van der Waals surface area (Å²) in [6, 6.07) is 0. The zero-order valence-electron chi connectivity index (χ0n) is 12.7. The summed E-state index contributed by atoms with van der Waals surface area (Å²) >= 11 is 0. The van der Waals surface area contributed by atoms with E-state index in [0.29, 0.717) is 17.7 Å². The van der Waals surface area contributed by atoms with E-state index in [0.717, 1.165) is 37.9 Å². The molecule has 1 aliphatic heterocycles. The highest BCUT2D eigenvalue weighted by atomic mass is 16.1. The molecule has 0 radical (unpaired) electrons. The Morgan fingerprint density at radius 3 is 2.65 bits per heavy atom. The Balaban J connectivity index is 1.42. The predicted molar refractivity (Wildman–Crippen MR) is 81.4 cm³/mol. The Hall–Kier alpha value is -0.570. The standard InChI is InChI=1S/C17H30N2O/c20-17(19-12-13-4-3-9-18-11-13)16-8-7-14-5-1-2-6-15(14)10-16/h13-16,18H,1-12H2,(H,19,20). The van der Waals surface area contributed by atoms with Crippen molar-refractivity contribution in [1.29, 1.82) is 0 Å². The van der Waals surface area contributed by atoms with E-state index in [1.54, 1.807) is 0 Å². The van der Waals surface area contributed by atoms with Crippen LogP contribution in [0.25, 0.3) is 0 Å². The number of hydrogen-bond acceptors (Lipinski definition) is 2. The van der Waals surface area contributed by atoms with Crippen LogP contribution < -0.4 is 10.6 Å². The van der Waals surface area contributed by atoms with E-state index in [-0.39, 0.29) is 0 Å². The van der Waals surface area contributed by atoms with Gasteiger partial charge in [0.25, 0.3) is 0 Å². The zero-order chi connectivity index (χ0) is 13.8. The summed E-state index contributed by atoms with van der Waals surface area (Å²) in [6.07, 6.45) is 11.7. The maximum Gasteiger partial charge on any atom is 0.223 e. The lowest BCUT2D eigenvalue weighted by molar-refractivity contribution is -0.127. The fourth-order valence-corrected chi connectivity index (χ4v) is 4.60. The third-order valence-corrected chi connectivity index (χ3v) is 5.87. The van der Waals surface area contributed by atoms with Gasteiger partial charge in [0.2, 0.25) is 5.91 Å². The summed E-state index contributed by atoms with van der Waals surface area (Å²) < 4.78 is 0. The molecule has 0 aromatic carbocycles. The van der Waals surface area contributed by atoms with Crippen molar-refractivity contribution in [3.05, 3.63) is 0 Å². The van der Waals surface area contributed by atoms with Crippen LogP contribution in [0.5, 0.6) is 0 Å². The van der Waals surface area contributed by atoms with Crippen molar-refractivity contribution in [2.45, 2.75) is 57.8 Å². The molecule has 114 valence electrons. The number of carbonyl (C=O) groups excluding carboxylic acids is 1. The van der Waals surface area contributed by atoms with Gasteiger partial charge in [0.05, 0.1) is 0 Å². The molecule has 1 heterocycles. The van der Waals surface area contributed by atoms with Crippen LogP contribution in [0.1, 0.15) is 57.8 Å². The summed E-state index contributed by atoms with van der Waals surface area (Å²) in [6.45, 7) is 3.11. The second kappa shape index (κ2) is 6.93. The quantitative estimate of drug-likeness (QED) is 0.833. The van der Waals surface area contributed by atoms with E-state index in [2.05, 4.69) is 10.6 Å². The molecule has 1 amide bonds. The highest BCUT2D eigenvalue weighted by Crippen LogP contribution is 2.42. The summed E-state index contributed by atoms with van der Waals surface area (Å²) in [5.74, 6) is 3.10. The number of rotatable bonds is 3. The van der Waals surface area contributed by atoms with Gasteiger partial charge in [-0.1, -0.05) is 25.7 Å². The molecule has 3 heteroatoms. The van der Waals surface area contributed by atoms with Crippen molar-refractivity contribution in [2.24, 2.45) is 23.7 Å². The van der Waals surface area contributed by atoms with Crippen molar-refractivity contribution in [2.75, 3.05) is 19.6 Å². The molecule has 2 N–H and O–H groups in total. The van der Waals surface area contributed by atoms with Gasteiger partial charge < -0.3 is 10.6 Å². The highest BCUT2D eigenvalue weighted by molar-refractivity contribution is 5.78. The number of amides is 1. The summed E-state index contributed by atoms with van der Waals surface area (Å²) in [5, 5.41) is 6.66. The van der Waals surface area contributed by atoms with Crippen LogP contribution in [-0.2, 0) is 4.79 Å². The van der Waals surface area contributed by atoms with Gasteiger partial charge in [-0.05, 0) is 62.9 Å². The number of carbonyl (C=O) groups is 1. The van der Waals surface area contributed by atoms with Gasteiger partial charge in [-0.15, -0.1) is 0 Å². The van der Waals surface area contributed by atoms with Crippen molar-refractivity contribution in [3.8, 4) is 0 Å². The molecule has 2 saturated carbocycles. The van der Waals surface area contributed by atoms with Gasteiger partial charge in [-0.3, -0.25) is 4.79 Å². The molecule has 0 aromatic rings. The minimum Gasteiger partial charge on any atom is -0.356 e. The SMILES string of the molecule is O=C(NCC1CCCNC1)C1CCC2CCCCC2C1. The van der Waals surface area contributed by atoms with Crippen LogP contribution >= 0.6 is 0 Å². The fraction of sp³-hybridized carbons (Fsp3) is 0.941. The second-order valence-electron chi connectivity index (χ2n) is 7.27. The lowest BCUT2D eigenvalue weighted by Gasteiger charge is -2.38. The predicted octanol–water partition coefficient (Wildman–Crippen LogP) is 2.71. The molecule has 3 nitrogen and oxygen atoms in total. The molecule has 4 unspecified atom stereocenters. The molecular formula is C17H30N2O. The first-order chi connectivity index (χ1) is 9.83. The Morgan fingerprint density at radius 2 is 1.85 bits per heavy atom. The number of piperidine rings is 1. The smallest absolute Gasteiger partial charge is 0.223 e. The Labute approximate surface area is 123 Å². The van der Waals surface area contributed by atoms with Crippen molar-refractivity contribution in [3.63, 3.8) is 0 Å². The molecule has 0 aromatic heterocycles. The Kier molecular flexibility index (Phi) is 4.98. The van der Waals surface area contributed by atoms with E-state index < -0.39 is 0 Å². The first-order valence-corrected chi connectivity index (χ1v) is 8.81. The fourth-order valence-electron chi connectivity index (χ4n) is 4.60. The van der Waals surface area contributed by atoms with Gasteiger partial charge in [0.15, 0.2) is 0 Å². The number of fused-ring (bicyclic) bond motifs is 1. The lowest BCUT2D eigenvalue weighted by atomic mass is 9.67. The van der Waals surface area contributed by atoms with Crippen LogP contribution in [0, 0.1) is 23.7 Å². The van der Waals surface area contributed by atoms with Crippen LogP contribution in [-0.4, -0.2) is 25.5 Å². The first kappa shape index (κ1) is 14.4. The zero-order valence-corrected chi connectivity index (χ0v) is 12.7. The average molecular weight is 278 g/mol. The molecule has 3 aliphatic rings. The summed E-state index contributed by atoms with van der Waals surface area (Å²) in [4.78, 5) is 12.4. The number of nitrogens with one attached hydrogen (secondary N) is 2. The normalized spacial score (nSPS) is 38.0. The highest BCUT2D eigenvalue weighted by Gasteiger charge is 2.34. The molecule has 20 heavy (non-hydrogen) atoms. The van der Waals surface area contributed by atoms with Crippen molar-refractivity contribution >= 4 is 5.91 Å². The third-order valence-electron chi connectivity index (χ3n) is 5.87. The van der Waals surface area contributed by atoms with Gasteiger partial charge in [0, 0.05) is 12.5 Å². The average Bonchev–Trinajstić information content (AvgIpc) is 2.53. The summed E-state index contributed by atoms with van der Waals surface area (Å²) in [7, 11) is 0. The largest absolute Gasteiger partial charge is 0.356 e. The van der Waals surface area contributed by atoms with E-state index >= 15 is 0 Å². The Bertz CT molecular complexity index is 325. The van der Waals surface area contributed by atoms with Crippen LogP contribution in [0.2, 0.25) is 0 Å². The van der Waals surface area contributed by atoms with Gasteiger partial charge in [-0.25, -0.2) is 0 Å². The van der Waals surface area contributed by atoms with E-state index in [1.165, 1.54) is 51.4 Å². The van der Waals surface area contributed by atoms with Crippen LogP contribution in [0.15, 0.2) is 0 Å². The van der Waals surface area contributed by atoms with E-state index in [4.69, 9.17) is 0 Å². The van der Waals surface area contributed by atoms with Gasteiger partial charge in [0.1, 0.15) is 0 Å². The molecule has 4 atom stereocenters. The molecule has 3 fully saturated rings. The minimum atomic E-state index is 0.311. The van der Waals surface area contributed by atoms with Crippen LogP contribution in [0.3, 0.4) is 0 Å². The first-order valence-electron chi connectivity index (χ1n) is 8.81. The molecule has 3 rings (SSSR count).